The number of thiol groups is 1. The van der Waals surface area contributed by atoms with Crippen LogP contribution in [0.2, 0.25) is 0 Å². The van der Waals surface area contributed by atoms with Crippen molar-refractivity contribution in [2.75, 3.05) is 6.61 Å². The van der Waals surface area contributed by atoms with Crippen LogP contribution in [0.1, 0.15) is 57.8 Å². The predicted molar refractivity (Wildman–Crippen MR) is 80.7 cm³/mol. The van der Waals surface area contributed by atoms with E-state index in [1.54, 1.807) is 0 Å². The molecule has 4 nitrogen and oxygen atoms in total. The van der Waals surface area contributed by atoms with Crippen LogP contribution in [0, 0.1) is 23.2 Å². The van der Waals surface area contributed by atoms with Gasteiger partial charge in [0.2, 0.25) is 10.7 Å². The van der Waals surface area contributed by atoms with E-state index in [9.17, 15) is 22.0 Å². The summed E-state index contributed by atoms with van der Waals surface area (Å²) in [6.07, 6.45) is 6.10. The maximum Gasteiger partial charge on any atom is 0.343 e. The molecule has 0 aromatic rings. The van der Waals surface area contributed by atoms with Crippen LogP contribution in [0.5, 0.6) is 0 Å². The Morgan fingerprint density at radius 3 is 2.04 bits per heavy atom. The molecule has 23 heavy (non-hydrogen) atoms. The standard InChI is InChI=1S/C16H24F2O4S/c17-16(18,23(20)21)3-1-2-4-22-14(19)15-8-11-5-12(9-15)7-13(6-11)10-15/h11-13,23H,1-10H2. The third kappa shape index (κ3) is 3.54. The highest BCUT2D eigenvalue weighted by molar-refractivity contribution is 7.73. The Morgan fingerprint density at radius 1 is 1.04 bits per heavy atom. The summed E-state index contributed by atoms with van der Waals surface area (Å²) in [6, 6.07) is 0. The van der Waals surface area contributed by atoms with Gasteiger partial charge in [-0.15, -0.1) is 0 Å². The SMILES string of the molecule is O=C(OCCCCC(F)(F)[SH](=O)=O)C12CC3CC(CC(C3)C1)C2. The minimum atomic E-state index is -3.74. The first kappa shape index (κ1) is 17.1. The number of unbranched alkanes of at least 4 members (excludes halogenated alkanes) is 1. The fourth-order valence-corrected chi connectivity index (χ4v) is 5.55. The van der Waals surface area contributed by atoms with Crippen molar-refractivity contribution in [2.45, 2.75) is 63.0 Å². The zero-order chi connectivity index (χ0) is 16.7. The van der Waals surface area contributed by atoms with E-state index in [1.807, 2.05) is 0 Å². The second-order valence-corrected chi connectivity index (χ2v) is 8.88. The summed E-state index contributed by atoms with van der Waals surface area (Å²) in [6.45, 7) is 0.103. The van der Waals surface area contributed by atoms with E-state index in [0.29, 0.717) is 17.8 Å². The zero-order valence-electron chi connectivity index (χ0n) is 13.1. The first-order valence-corrected chi connectivity index (χ1v) is 9.68. The van der Waals surface area contributed by atoms with Crippen molar-refractivity contribution in [2.24, 2.45) is 23.2 Å². The van der Waals surface area contributed by atoms with E-state index >= 15 is 0 Å². The fraction of sp³-hybridized carbons (Fsp3) is 0.938. The Kier molecular flexibility index (Phi) is 4.69. The molecule has 132 valence electrons. The Labute approximate surface area is 136 Å². The molecule has 0 N–H and O–H groups in total. The van der Waals surface area contributed by atoms with Crippen LogP contribution in [-0.2, 0) is 20.2 Å². The molecule has 0 aromatic carbocycles. The average molecular weight is 350 g/mol. The quantitative estimate of drug-likeness (QED) is 0.435. The molecule has 0 aliphatic heterocycles. The highest BCUT2D eigenvalue weighted by Crippen LogP contribution is 2.60. The largest absolute Gasteiger partial charge is 0.465 e. The molecule has 0 aromatic heterocycles. The minimum Gasteiger partial charge on any atom is -0.465 e. The molecule has 0 saturated heterocycles. The number of hydrogen-bond donors (Lipinski definition) is 1. The van der Waals surface area contributed by atoms with E-state index in [4.69, 9.17) is 4.74 Å². The van der Waals surface area contributed by atoms with E-state index < -0.39 is 22.4 Å². The van der Waals surface area contributed by atoms with Gasteiger partial charge in [0.25, 0.3) is 0 Å². The van der Waals surface area contributed by atoms with Gasteiger partial charge in [-0.3, -0.25) is 4.79 Å². The van der Waals surface area contributed by atoms with Gasteiger partial charge in [-0.2, -0.15) is 8.78 Å². The smallest absolute Gasteiger partial charge is 0.343 e. The van der Waals surface area contributed by atoms with Crippen LogP contribution in [0.25, 0.3) is 0 Å². The summed E-state index contributed by atoms with van der Waals surface area (Å²) in [5.74, 6) is 1.81. The van der Waals surface area contributed by atoms with Crippen molar-refractivity contribution in [3.8, 4) is 0 Å². The molecule has 0 amide bonds. The van der Waals surface area contributed by atoms with Crippen LogP contribution in [-0.4, -0.2) is 26.2 Å². The maximum atomic E-state index is 12.9. The number of rotatable bonds is 7. The Hall–Kier alpha value is -0.720. The van der Waals surface area contributed by atoms with Crippen molar-refractivity contribution in [3.05, 3.63) is 0 Å². The monoisotopic (exact) mass is 350 g/mol. The van der Waals surface area contributed by atoms with Crippen molar-refractivity contribution in [1.29, 1.82) is 0 Å². The van der Waals surface area contributed by atoms with E-state index in [1.165, 1.54) is 19.3 Å². The van der Waals surface area contributed by atoms with Crippen LogP contribution in [0.4, 0.5) is 8.78 Å². The Morgan fingerprint density at radius 2 is 1.57 bits per heavy atom. The molecule has 0 atom stereocenters. The lowest BCUT2D eigenvalue weighted by Crippen LogP contribution is -2.50. The third-order valence-electron chi connectivity index (χ3n) is 5.84. The molecular formula is C16H24F2O4S. The van der Waals surface area contributed by atoms with Crippen molar-refractivity contribution in [1.82, 2.24) is 0 Å². The highest BCUT2D eigenvalue weighted by atomic mass is 32.2. The normalized spacial score (nSPS) is 35.7. The number of alkyl halides is 2. The van der Waals surface area contributed by atoms with Crippen LogP contribution < -0.4 is 0 Å². The lowest BCUT2D eigenvalue weighted by molar-refractivity contribution is -0.171. The third-order valence-corrected chi connectivity index (χ3v) is 6.60. The van der Waals surface area contributed by atoms with Gasteiger partial charge in [-0.1, -0.05) is 0 Å². The number of carbonyl (C=O) groups is 1. The number of carbonyl (C=O) groups excluding carboxylic acids is 1. The predicted octanol–water partition coefficient (Wildman–Crippen LogP) is 3.12. The first-order chi connectivity index (χ1) is 10.8. The molecule has 4 fully saturated rings. The van der Waals surface area contributed by atoms with Gasteiger partial charge in [0.15, 0.2) is 0 Å². The summed E-state index contributed by atoms with van der Waals surface area (Å²) in [4.78, 5) is 12.5. The fourth-order valence-electron chi connectivity index (χ4n) is 5.21. The molecule has 7 heteroatoms. The lowest BCUT2D eigenvalue weighted by atomic mass is 9.49. The van der Waals surface area contributed by atoms with Gasteiger partial charge >= 0.3 is 11.2 Å². The zero-order valence-corrected chi connectivity index (χ0v) is 14.0. The molecule has 4 rings (SSSR count). The second kappa shape index (κ2) is 6.30. The Balaban J connectivity index is 1.44. The molecule has 4 saturated carbocycles. The Bertz CT molecular complexity index is 501. The van der Waals surface area contributed by atoms with Gasteiger partial charge in [-0.25, -0.2) is 8.42 Å². The van der Waals surface area contributed by atoms with Gasteiger partial charge in [-0.05, 0) is 69.1 Å². The topological polar surface area (TPSA) is 60.4 Å². The number of hydrogen-bond acceptors (Lipinski definition) is 4. The minimum absolute atomic E-state index is 0.0322. The second-order valence-electron chi connectivity index (χ2n) is 7.71. The average Bonchev–Trinajstić information content (AvgIpc) is 2.45. The van der Waals surface area contributed by atoms with Gasteiger partial charge in [0, 0.05) is 6.42 Å². The van der Waals surface area contributed by atoms with Crippen LogP contribution >= 0.6 is 0 Å². The molecular weight excluding hydrogens is 326 g/mol. The summed E-state index contributed by atoms with van der Waals surface area (Å²) >= 11 is 0. The van der Waals surface area contributed by atoms with Crippen LogP contribution in [0.15, 0.2) is 0 Å². The number of esters is 1. The molecule has 0 spiro atoms. The molecule has 0 radical (unpaired) electrons. The van der Waals surface area contributed by atoms with Crippen molar-refractivity contribution < 1.29 is 26.7 Å². The first-order valence-electron chi connectivity index (χ1n) is 8.50. The summed E-state index contributed by atoms with van der Waals surface area (Å²) in [7, 11) is -3.74. The van der Waals surface area contributed by atoms with Gasteiger partial charge in [0.1, 0.15) is 0 Å². The lowest BCUT2D eigenvalue weighted by Gasteiger charge is -2.55. The van der Waals surface area contributed by atoms with E-state index in [-0.39, 0.29) is 30.8 Å². The van der Waals surface area contributed by atoms with Gasteiger partial charge in [0.05, 0.1) is 12.0 Å². The van der Waals surface area contributed by atoms with Crippen molar-refractivity contribution in [3.63, 3.8) is 0 Å². The number of ether oxygens (including phenoxy) is 1. The molecule has 0 heterocycles. The van der Waals surface area contributed by atoms with Crippen LogP contribution in [0.3, 0.4) is 0 Å². The summed E-state index contributed by atoms with van der Waals surface area (Å²) in [5.41, 5.74) is -0.322. The van der Waals surface area contributed by atoms with E-state index in [0.717, 1.165) is 19.3 Å². The molecule has 4 bridgehead atoms. The number of halogens is 2. The highest BCUT2D eigenvalue weighted by Gasteiger charge is 2.55. The van der Waals surface area contributed by atoms with E-state index in [2.05, 4.69) is 0 Å². The molecule has 4 aliphatic rings. The summed E-state index contributed by atoms with van der Waals surface area (Å²) in [5, 5.41) is -3.65. The summed E-state index contributed by atoms with van der Waals surface area (Å²) < 4.78 is 51.9. The maximum absolute atomic E-state index is 12.9. The van der Waals surface area contributed by atoms with Crippen molar-refractivity contribution >= 4 is 16.7 Å². The molecule has 0 unspecified atom stereocenters. The van der Waals surface area contributed by atoms with Gasteiger partial charge < -0.3 is 4.74 Å². The molecule has 4 aliphatic carbocycles.